The van der Waals surface area contributed by atoms with Crippen molar-refractivity contribution >= 4 is 16.9 Å². The van der Waals surface area contributed by atoms with E-state index >= 15 is 0 Å². The first kappa shape index (κ1) is 12.7. The predicted molar refractivity (Wildman–Crippen MR) is 81.8 cm³/mol. The van der Waals surface area contributed by atoms with Gasteiger partial charge in [-0.15, -0.1) is 0 Å². The molecule has 0 radical (unpaired) electrons. The van der Waals surface area contributed by atoms with E-state index in [-0.39, 0.29) is 0 Å². The second-order valence-electron chi connectivity index (χ2n) is 5.02. The third-order valence-corrected chi connectivity index (χ3v) is 3.58. The molecule has 0 saturated carbocycles. The van der Waals surface area contributed by atoms with Gasteiger partial charge in [0.05, 0.1) is 11.2 Å². The number of anilines is 1. The van der Waals surface area contributed by atoms with E-state index in [1.807, 2.05) is 39.1 Å². The van der Waals surface area contributed by atoms with Crippen LogP contribution in [0.3, 0.4) is 0 Å². The van der Waals surface area contributed by atoms with E-state index in [1.165, 1.54) is 5.56 Å². The first-order chi connectivity index (χ1) is 9.65. The Balaban J connectivity index is 1.91. The Morgan fingerprint density at radius 1 is 1.10 bits per heavy atom. The standard InChI is InChI=1S/C16H18N4/c1-11-16-14(20(3)12(2)19-16)9-15(18-11)17-10-13-7-5-4-6-8-13/h4-9H,10H2,1-3H3,(H,17,18). The molecule has 0 aliphatic rings. The molecular weight excluding hydrogens is 248 g/mol. The van der Waals surface area contributed by atoms with Gasteiger partial charge in [-0.1, -0.05) is 30.3 Å². The van der Waals surface area contributed by atoms with E-state index in [9.17, 15) is 0 Å². The number of nitrogens with zero attached hydrogens (tertiary/aromatic N) is 3. The SMILES string of the molecule is Cc1nc(NCc2ccccc2)cc2c1nc(C)n2C. The van der Waals surface area contributed by atoms with Gasteiger partial charge < -0.3 is 9.88 Å². The molecule has 4 nitrogen and oxygen atoms in total. The van der Waals surface area contributed by atoms with E-state index in [1.54, 1.807) is 0 Å². The van der Waals surface area contributed by atoms with Crippen molar-refractivity contribution in [3.63, 3.8) is 0 Å². The van der Waals surface area contributed by atoms with Crippen molar-refractivity contribution in [2.24, 2.45) is 7.05 Å². The summed E-state index contributed by atoms with van der Waals surface area (Å²) < 4.78 is 2.09. The van der Waals surface area contributed by atoms with E-state index in [2.05, 4.69) is 38.1 Å². The summed E-state index contributed by atoms with van der Waals surface area (Å²) in [6.07, 6.45) is 0. The number of nitrogens with one attached hydrogen (secondary N) is 1. The molecule has 0 fully saturated rings. The normalized spacial score (nSPS) is 10.9. The van der Waals surface area contributed by atoms with E-state index < -0.39 is 0 Å². The maximum Gasteiger partial charge on any atom is 0.128 e. The second-order valence-corrected chi connectivity index (χ2v) is 5.02. The van der Waals surface area contributed by atoms with Crippen LogP contribution in [0.2, 0.25) is 0 Å². The molecule has 0 spiro atoms. The average molecular weight is 266 g/mol. The Morgan fingerprint density at radius 2 is 1.85 bits per heavy atom. The number of imidazole rings is 1. The van der Waals surface area contributed by atoms with Gasteiger partial charge in [-0.25, -0.2) is 9.97 Å². The number of pyridine rings is 1. The van der Waals surface area contributed by atoms with Gasteiger partial charge >= 0.3 is 0 Å². The smallest absolute Gasteiger partial charge is 0.128 e. The minimum atomic E-state index is 0.773. The number of aryl methyl sites for hydroxylation is 3. The Labute approximate surface area is 118 Å². The molecule has 102 valence electrons. The number of hydrogen-bond donors (Lipinski definition) is 1. The van der Waals surface area contributed by atoms with Crippen LogP contribution in [0, 0.1) is 13.8 Å². The summed E-state index contributed by atoms with van der Waals surface area (Å²) in [5.41, 5.74) is 4.30. The Hall–Kier alpha value is -2.36. The molecule has 4 heteroatoms. The molecule has 0 atom stereocenters. The Bertz CT molecular complexity index is 744. The maximum absolute atomic E-state index is 4.58. The van der Waals surface area contributed by atoms with Crippen molar-refractivity contribution in [3.05, 3.63) is 53.5 Å². The van der Waals surface area contributed by atoms with Gasteiger partial charge in [-0.05, 0) is 19.4 Å². The molecule has 20 heavy (non-hydrogen) atoms. The number of benzene rings is 1. The van der Waals surface area contributed by atoms with Gasteiger partial charge in [0.15, 0.2) is 0 Å². The third-order valence-electron chi connectivity index (χ3n) is 3.58. The van der Waals surface area contributed by atoms with Gasteiger partial charge in [0.2, 0.25) is 0 Å². The van der Waals surface area contributed by atoms with Crippen molar-refractivity contribution in [3.8, 4) is 0 Å². The van der Waals surface area contributed by atoms with Crippen LogP contribution in [-0.2, 0) is 13.6 Å². The predicted octanol–water partition coefficient (Wildman–Crippen LogP) is 3.20. The molecule has 0 bridgehead atoms. The fraction of sp³-hybridized carbons (Fsp3) is 0.250. The first-order valence-corrected chi connectivity index (χ1v) is 6.73. The molecule has 1 aromatic carbocycles. The fourth-order valence-corrected chi connectivity index (χ4v) is 2.33. The van der Waals surface area contributed by atoms with Crippen molar-refractivity contribution in [2.75, 3.05) is 5.32 Å². The van der Waals surface area contributed by atoms with Crippen LogP contribution in [0.5, 0.6) is 0 Å². The molecule has 3 aromatic rings. The number of fused-ring (bicyclic) bond motifs is 1. The van der Waals surface area contributed by atoms with Gasteiger partial charge in [-0.3, -0.25) is 0 Å². The van der Waals surface area contributed by atoms with Crippen molar-refractivity contribution in [1.29, 1.82) is 0 Å². The molecule has 0 amide bonds. The minimum absolute atomic E-state index is 0.773. The van der Waals surface area contributed by atoms with Crippen LogP contribution in [-0.4, -0.2) is 14.5 Å². The zero-order chi connectivity index (χ0) is 14.1. The maximum atomic E-state index is 4.58. The lowest BCUT2D eigenvalue weighted by atomic mass is 10.2. The van der Waals surface area contributed by atoms with E-state index in [4.69, 9.17) is 0 Å². The largest absolute Gasteiger partial charge is 0.366 e. The van der Waals surface area contributed by atoms with E-state index in [0.717, 1.165) is 34.9 Å². The lowest BCUT2D eigenvalue weighted by Gasteiger charge is -2.07. The Kier molecular flexibility index (Phi) is 3.14. The van der Waals surface area contributed by atoms with Crippen LogP contribution in [0.1, 0.15) is 17.1 Å². The highest BCUT2D eigenvalue weighted by Gasteiger charge is 2.09. The van der Waals surface area contributed by atoms with Gasteiger partial charge in [0.1, 0.15) is 17.2 Å². The summed E-state index contributed by atoms with van der Waals surface area (Å²) in [5.74, 6) is 1.90. The molecule has 0 unspecified atom stereocenters. The van der Waals surface area contributed by atoms with Crippen LogP contribution in [0.15, 0.2) is 36.4 Å². The molecular formula is C16H18N4. The molecule has 3 rings (SSSR count). The average Bonchev–Trinajstić information content (AvgIpc) is 2.75. The highest BCUT2D eigenvalue weighted by molar-refractivity contribution is 5.80. The summed E-state index contributed by atoms with van der Waals surface area (Å²) in [6.45, 7) is 4.79. The van der Waals surface area contributed by atoms with E-state index in [0.29, 0.717) is 0 Å². The number of rotatable bonds is 3. The van der Waals surface area contributed by atoms with Gasteiger partial charge in [0, 0.05) is 19.7 Å². The monoisotopic (exact) mass is 266 g/mol. The van der Waals surface area contributed by atoms with Crippen molar-refractivity contribution in [1.82, 2.24) is 14.5 Å². The molecule has 0 saturated heterocycles. The van der Waals surface area contributed by atoms with Crippen LogP contribution in [0.4, 0.5) is 5.82 Å². The van der Waals surface area contributed by atoms with Crippen LogP contribution < -0.4 is 5.32 Å². The summed E-state index contributed by atoms with van der Waals surface area (Å²) in [5, 5.41) is 3.38. The summed E-state index contributed by atoms with van der Waals surface area (Å²) >= 11 is 0. The lowest BCUT2D eigenvalue weighted by Crippen LogP contribution is -2.02. The second kappa shape index (κ2) is 4.96. The molecule has 2 aromatic heterocycles. The first-order valence-electron chi connectivity index (χ1n) is 6.73. The molecule has 0 aliphatic heterocycles. The van der Waals surface area contributed by atoms with Gasteiger partial charge in [0.25, 0.3) is 0 Å². The lowest BCUT2D eigenvalue weighted by molar-refractivity contribution is 0.886. The quantitative estimate of drug-likeness (QED) is 0.791. The molecule has 2 heterocycles. The van der Waals surface area contributed by atoms with Crippen LogP contribution in [0.25, 0.3) is 11.0 Å². The van der Waals surface area contributed by atoms with Crippen molar-refractivity contribution in [2.45, 2.75) is 20.4 Å². The van der Waals surface area contributed by atoms with Crippen molar-refractivity contribution < 1.29 is 0 Å². The highest BCUT2D eigenvalue weighted by Crippen LogP contribution is 2.21. The number of aromatic nitrogens is 3. The molecule has 0 aliphatic carbocycles. The van der Waals surface area contributed by atoms with Gasteiger partial charge in [-0.2, -0.15) is 0 Å². The zero-order valence-corrected chi connectivity index (χ0v) is 12.0. The minimum Gasteiger partial charge on any atom is -0.366 e. The highest BCUT2D eigenvalue weighted by atomic mass is 15.1. The fourth-order valence-electron chi connectivity index (χ4n) is 2.33. The third kappa shape index (κ3) is 2.25. The topological polar surface area (TPSA) is 42.7 Å². The van der Waals surface area contributed by atoms with Crippen LogP contribution >= 0.6 is 0 Å². The Morgan fingerprint density at radius 3 is 2.60 bits per heavy atom. The zero-order valence-electron chi connectivity index (χ0n) is 12.0. The summed E-state index contributed by atoms with van der Waals surface area (Å²) in [6, 6.07) is 12.4. The molecule has 1 N–H and O–H groups in total. The summed E-state index contributed by atoms with van der Waals surface area (Å²) in [7, 11) is 2.03. The number of hydrogen-bond acceptors (Lipinski definition) is 3. The summed E-state index contributed by atoms with van der Waals surface area (Å²) in [4.78, 5) is 9.13.